The van der Waals surface area contributed by atoms with Crippen molar-refractivity contribution in [2.24, 2.45) is 7.05 Å². The molecule has 144 valence electrons. The van der Waals surface area contributed by atoms with Crippen molar-refractivity contribution >= 4 is 17.0 Å². The average molecular weight is 383 g/mol. The Labute approximate surface area is 159 Å². The second kappa shape index (κ2) is 6.70. The van der Waals surface area contributed by atoms with Gasteiger partial charge in [-0.15, -0.1) is 0 Å². The maximum atomic E-state index is 14.1. The third-order valence-electron chi connectivity index (χ3n) is 5.00. The van der Waals surface area contributed by atoms with Gasteiger partial charge in [0.05, 0.1) is 24.6 Å². The molecule has 0 amide bonds. The molecule has 1 aromatic carbocycles. The highest BCUT2D eigenvalue weighted by molar-refractivity contribution is 6.02. The molecule has 0 spiro atoms. The molecule has 0 bridgehead atoms. The Morgan fingerprint density at radius 2 is 2.00 bits per heavy atom. The van der Waals surface area contributed by atoms with Gasteiger partial charge in [-0.05, 0) is 25.0 Å². The number of aryl methyl sites for hydroxylation is 1. The molecular weight excluding hydrogens is 365 g/mol. The highest BCUT2D eigenvalue weighted by Crippen LogP contribution is 2.39. The fourth-order valence-corrected chi connectivity index (χ4v) is 3.29. The Morgan fingerprint density at radius 1 is 1.29 bits per heavy atom. The molecule has 1 aliphatic carbocycles. The minimum Gasteiger partial charge on any atom is -0.465 e. The number of fused-ring (bicyclic) bond motifs is 1. The van der Waals surface area contributed by atoms with E-state index in [0.29, 0.717) is 5.69 Å². The van der Waals surface area contributed by atoms with Crippen LogP contribution in [0.4, 0.5) is 4.39 Å². The van der Waals surface area contributed by atoms with E-state index in [-0.39, 0.29) is 34.6 Å². The fraction of sp³-hybridized carbons (Fsp3) is 0.300. The number of carbonyl (C=O) groups excluding carboxylic acids is 1. The molecule has 0 unspecified atom stereocenters. The smallest absolute Gasteiger partial charge is 0.338 e. The van der Waals surface area contributed by atoms with Crippen LogP contribution in [0.15, 0.2) is 39.9 Å². The van der Waals surface area contributed by atoms with Crippen LogP contribution in [0.2, 0.25) is 0 Å². The van der Waals surface area contributed by atoms with Gasteiger partial charge in [-0.3, -0.25) is 13.9 Å². The number of benzene rings is 1. The van der Waals surface area contributed by atoms with Crippen molar-refractivity contribution in [3.63, 3.8) is 0 Å². The Kier molecular flexibility index (Phi) is 4.33. The maximum Gasteiger partial charge on any atom is 0.338 e. The summed E-state index contributed by atoms with van der Waals surface area (Å²) in [7, 11) is 2.71. The number of hydrogen-bond acceptors (Lipinski definition) is 5. The molecule has 4 rings (SSSR count). The van der Waals surface area contributed by atoms with Crippen LogP contribution in [0, 0.1) is 5.82 Å². The second-order valence-electron chi connectivity index (χ2n) is 6.88. The van der Waals surface area contributed by atoms with E-state index >= 15 is 0 Å². The SMILES string of the molecule is COC(=O)c1cc(C2CC2)nc2c1c(=O)n(Cc1ccccc1F)c(=O)n2C. The van der Waals surface area contributed by atoms with E-state index in [9.17, 15) is 18.8 Å². The van der Waals surface area contributed by atoms with E-state index in [1.165, 1.54) is 36.9 Å². The zero-order valence-corrected chi connectivity index (χ0v) is 15.4. The number of pyridine rings is 1. The maximum absolute atomic E-state index is 14.1. The van der Waals surface area contributed by atoms with Crippen LogP contribution < -0.4 is 11.2 Å². The van der Waals surface area contributed by atoms with Crippen molar-refractivity contribution < 1.29 is 13.9 Å². The molecule has 0 atom stereocenters. The van der Waals surface area contributed by atoms with Gasteiger partial charge in [0, 0.05) is 24.2 Å². The number of methoxy groups -OCH3 is 1. The third kappa shape index (κ3) is 2.90. The van der Waals surface area contributed by atoms with Gasteiger partial charge in [0.2, 0.25) is 0 Å². The van der Waals surface area contributed by atoms with E-state index in [1.54, 1.807) is 12.1 Å². The number of rotatable bonds is 4. The quantitative estimate of drug-likeness (QED) is 0.643. The van der Waals surface area contributed by atoms with Gasteiger partial charge in [0.25, 0.3) is 5.56 Å². The lowest BCUT2D eigenvalue weighted by Gasteiger charge is -2.14. The lowest BCUT2D eigenvalue weighted by atomic mass is 10.1. The second-order valence-corrected chi connectivity index (χ2v) is 6.88. The van der Waals surface area contributed by atoms with Crippen LogP contribution in [0.1, 0.15) is 40.4 Å². The monoisotopic (exact) mass is 383 g/mol. The van der Waals surface area contributed by atoms with Crippen LogP contribution in [-0.4, -0.2) is 27.2 Å². The molecule has 1 fully saturated rings. The van der Waals surface area contributed by atoms with Gasteiger partial charge in [0.1, 0.15) is 11.5 Å². The summed E-state index contributed by atoms with van der Waals surface area (Å²) in [5.41, 5.74) is -0.270. The summed E-state index contributed by atoms with van der Waals surface area (Å²) < 4.78 is 21.0. The molecule has 3 aromatic rings. The zero-order valence-electron chi connectivity index (χ0n) is 15.4. The number of ether oxygens (including phenoxy) is 1. The number of hydrogen-bond donors (Lipinski definition) is 0. The molecule has 2 heterocycles. The van der Waals surface area contributed by atoms with Crippen LogP contribution in [-0.2, 0) is 18.3 Å². The predicted molar refractivity (Wildman–Crippen MR) is 100 cm³/mol. The Balaban J connectivity index is 2.02. The summed E-state index contributed by atoms with van der Waals surface area (Å²) >= 11 is 0. The van der Waals surface area contributed by atoms with Crippen molar-refractivity contribution in [2.75, 3.05) is 7.11 Å². The first-order valence-corrected chi connectivity index (χ1v) is 8.88. The lowest BCUT2D eigenvalue weighted by molar-refractivity contribution is 0.0602. The highest BCUT2D eigenvalue weighted by Gasteiger charge is 2.29. The number of aromatic nitrogens is 3. The van der Waals surface area contributed by atoms with Gasteiger partial charge in [0.15, 0.2) is 0 Å². The first-order chi connectivity index (χ1) is 13.4. The van der Waals surface area contributed by atoms with Crippen LogP contribution in [0.25, 0.3) is 11.0 Å². The lowest BCUT2D eigenvalue weighted by Crippen LogP contribution is -2.40. The van der Waals surface area contributed by atoms with Crippen molar-refractivity contribution in [2.45, 2.75) is 25.3 Å². The molecule has 1 saturated carbocycles. The van der Waals surface area contributed by atoms with Crippen LogP contribution >= 0.6 is 0 Å². The van der Waals surface area contributed by atoms with Gasteiger partial charge in [-0.1, -0.05) is 18.2 Å². The van der Waals surface area contributed by atoms with E-state index in [1.807, 2.05) is 0 Å². The third-order valence-corrected chi connectivity index (χ3v) is 5.00. The molecule has 8 heteroatoms. The van der Waals surface area contributed by atoms with Gasteiger partial charge in [-0.2, -0.15) is 0 Å². The van der Waals surface area contributed by atoms with Crippen molar-refractivity contribution in [1.29, 1.82) is 0 Å². The van der Waals surface area contributed by atoms with Gasteiger partial charge in [-0.25, -0.2) is 19.0 Å². The first-order valence-electron chi connectivity index (χ1n) is 8.88. The van der Waals surface area contributed by atoms with Gasteiger partial charge < -0.3 is 4.74 Å². The molecule has 7 nitrogen and oxygen atoms in total. The van der Waals surface area contributed by atoms with Crippen molar-refractivity contribution in [1.82, 2.24) is 14.1 Å². The summed E-state index contributed by atoms with van der Waals surface area (Å²) in [6, 6.07) is 7.47. The van der Waals surface area contributed by atoms with Crippen molar-refractivity contribution in [3.8, 4) is 0 Å². The Bertz CT molecular complexity index is 1220. The van der Waals surface area contributed by atoms with Gasteiger partial charge >= 0.3 is 11.7 Å². The molecule has 0 N–H and O–H groups in total. The molecule has 28 heavy (non-hydrogen) atoms. The molecule has 1 aliphatic rings. The molecule has 2 aromatic heterocycles. The summed E-state index contributed by atoms with van der Waals surface area (Å²) in [4.78, 5) is 42.8. The van der Waals surface area contributed by atoms with Crippen LogP contribution in [0.3, 0.4) is 0 Å². The minimum absolute atomic E-state index is 0.00492. The fourth-order valence-electron chi connectivity index (χ4n) is 3.29. The van der Waals surface area contributed by atoms with E-state index in [0.717, 1.165) is 17.4 Å². The van der Waals surface area contributed by atoms with E-state index < -0.39 is 23.0 Å². The van der Waals surface area contributed by atoms with Crippen molar-refractivity contribution in [3.05, 3.63) is 73.8 Å². The molecule has 0 saturated heterocycles. The normalized spacial score (nSPS) is 13.7. The predicted octanol–water partition coefficient (Wildman–Crippen LogP) is 1.95. The summed E-state index contributed by atoms with van der Waals surface area (Å²) in [6.07, 6.45) is 1.88. The average Bonchev–Trinajstić information content (AvgIpc) is 3.54. The molecule has 0 aliphatic heterocycles. The number of carbonyl (C=O) groups is 1. The molecule has 0 radical (unpaired) electrons. The Hall–Kier alpha value is -3.29. The zero-order chi connectivity index (χ0) is 20.0. The summed E-state index contributed by atoms with van der Waals surface area (Å²) in [5, 5.41) is -0.00492. The van der Waals surface area contributed by atoms with Crippen LogP contribution in [0.5, 0.6) is 0 Å². The van der Waals surface area contributed by atoms with E-state index in [2.05, 4.69) is 4.98 Å². The van der Waals surface area contributed by atoms with E-state index in [4.69, 9.17) is 4.74 Å². The summed E-state index contributed by atoms with van der Waals surface area (Å²) in [5.74, 6) is -0.988. The molecular formula is C20H18FN3O4. The summed E-state index contributed by atoms with van der Waals surface area (Å²) in [6.45, 7) is -0.251. The first kappa shape index (κ1) is 18.1. The minimum atomic E-state index is -0.698. The topological polar surface area (TPSA) is 83.2 Å². The number of nitrogens with zero attached hydrogens (tertiary/aromatic N) is 3. The standard InChI is InChI=1S/C20H18FN3O4/c1-23-17-16(13(19(26)28-2)9-15(22-17)11-7-8-11)18(25)24(20(23)27)10-12-5-3-4-6-14(12)21/h3-6,9,11H,7-8,10H2,1-2H3. The number of halogens is 1. The highest BCUT2D eigenvalue weighted by atomic mass is 19.1. The number of esters is 1. The largest absolute Gasteiger partial charge is 0.465 e. The Morgan fingerprint density at radius 3 is 2.64 bits per heavy atom.